The number of piperazine rings is 1. The van der Waals surface area contributed by atoms with E-state index in [1.54, 1.807) is 0 Å². The van der Waals surface area contributed by atoms with Crippen LogP contribution in [0.3, 0.4) is 0 Å². The van der Waals surface area contributed by atoms with E-state index in [2.05, 4.69) is 10.6 Å². The van der Waals surface area contributed by atoms with Gasteiger partial charge in [0.25, 0.3) is 0 Å². The van der Waals surface area contributed by atoms with E-state index >= 15 is 0 Å². The van der Waals surface area contributed by atoms with Gasteiger partial charge < -0.3 is 10.6 Å². The van der Waals surface area contributed by atoms with Crippen molar-refractivity contribution in [2.45, 2.75) is 25.6 Å². The first-order valence-corrected chi connectivity index (χ1v) is 8.79. The molecule has 0 bridgehead atoms. The molecular weight excluding hydrogens is 352 g/mol. The predicted octanol–water partition coefficient (Wildman–Crippen LogP) is 1.97. The monoisotopic (exact) mass is 373 g/mol. The van der Waals surface area contributed by atoms with Gasteiger partial charge in [0.05, 0.1) is 12.5 Å². The number of hydrogen-bond donors (Lipinski definition) is 2. The summed E-state index contributed by atoms with van der Waals surface area (Å²) in [6.45, 7) is 1.59. The molecular formula is C20H21F2N3O2. The van der Waals surface area contributed by atoms with E-state index in [9.17, 15) is 18.4 Å². The summed E-state index contributed by atoms with van der Waals surface area (Å²) < 4.78 is 26.9. The molecule has 2 aromatic carbocycles. The molecule has 0 spiro atoms. The second-order valence-corrected chi connectivity index (χ2v) is 6.48. The summed E-state index contributed by atoms with van der Waals surface area (Å²) in [7, 11) is 0. The van der Waals surface area contributed by atoms with Crippen molar-refractivity contribution < 1.29 is 18.4 Å². The molecule has 0 radical (unpaired) electrons. The van der Waals surface area contributed by atoms with Gasteiger partial charge in [-0.3, -0.25) is 14.5 Å². The Labute approximate surface area is 156 Å². The van der Waals surface area contributed by atoms with Crippen molar-refractivity contribution in [3.63, 3.8) is 0 Å². The van der Waals surface area contributed by atoms with Crippen molar-refractivity contribution >= 4 is 11.8 Å². The smallest absolute Gasteiger partial charge is 0.237 e. The molecule has 1 aliphatic rings. The van der Waals surface area contributed by atoms with Crippen LogP contribution in [0.5, 0.6) is 0 Å². The van der Waals surface area contributed by atoms with Crippen molar-refractivity contribution in [1.29, 1.82) is 0 Å². The maximum atomic E-state index is 13.7. The Balaban J connectivity index is 1.61. The Morgan fingerprint density at radius 2 is 1.96 bits per heavy atom. The average molecular weight is 373 g/mol. The summed E-state index contributed by atoms with van der Waals surface area (Å²) in [4.78, 5) is 26.5. The van der Waals surface area contributed by atoms with E-state index in [-0.39, 0.29) is 24.4 Å². The highest BCUT2D eigenvalue weighted by Gasteiger charge is 2.31. The van der Waals surface area contributed by atoms with Gasteiger partial charge in [-0.05, 0) is 23.8 Å². The Morgan fingerprint density at radius 1 is 1.19 bits per heavy atom. The van der Waals surface area contributed by atoms with Gasteiger partial charge in [0.15, 0.2) is 0 Å². The van der Waals surface area contributed by atoms with Gasteiger partial charge in [0.2, 0.25) is 11.8 Å². The fourth-order valence-corrected chi connectivity index (χ4v) is 3.11. The number of hydrogen-bond acceptors (Lipinski definition) is 3. The fourth-order valence-electron chi connectivity index (χ4n) is 3.11. The Hall–Kier alpha value is -2.80. The summed E-state index contributed by atoms with van der Waals surface area (Å²) >= 11 is 0. The number of halogens is 2. The maximum Gasteiger partial charge on any atom is 0.237 e. The van der Waals surface area contributed by atoms with Crippen molar-refractivity contribution in [3.8, 4) is 0 Å². The highest BCUT2D eigenvalue weighted by Crippen LogP contribution is 2.14. The van der Waals surface area contributed by atoms with Crippen molar-refractivity contribution in [1.82, 2.24) is 15.5 Å². The molecule has 0 aromatic heterocycles. The third-order valence-corrected chi connectivity index (χ3v) is 4.53. The van der Waals surface area contributed by atoms with Crippen LogP contribution in [0.1, 0.15) is 17.5 Å². The van der Waals surface area contributed by atoms with E-state index in [4.69, 9.17) is 0 Å². The number of benzene rings is 2. The van der Waals surface area contributed by atoms with Crippen LogP contribution >= 0.6 is 0 Å². The zero-order valence-corrected chi connectivity index (χ0v) is 14.8. The molecule has 1 atom stereocenters. The van der Waals surface area contributed by atoms with Gasteiger partial charge in [-0.25, -0.2) is 8.78 Å². The zero-order chi connectivity index (χ0) is 19.2. The quantitative estimate of drug-likeness (QED) is 0.814. The van der Waals surface area contributed by atoms with Crippen LogP contribution in [0, 0.1) is 11.6 Å². The summed E-state index contributed by atoms with van der Waals surface area (Å²) in [5.74, 6) is -1.75. The van der Waals surface area contributed by atoms with Gasteiger partial charge in [0, 0.05) is 31.7 Å². The van der Waals surface area contributed by atoms with Gasteiger partial charge in [-0.1, -0.05) is 30.3 Å². The molecule has 1 aliphatic heterocycles. The highest BCUT2D eigenvalue weighted by atomic mass is 19.1. The largest absolute Gasteiger partial charge is 0.353 e. The fraction of sp³-hybridized carbons (Fsp3) is 0.300. The predicted molar refractivity (Wildman–Crippen MR) is 96.5 cm³/mol. The summed E-state index contributed by atoms with van der Waals surface area (Å²) in [6, 6.07) is 12.2. The van der Waals surface area contributed by atoms with Crippen molar-refractivity contribution in [2.24, 2.45) is 0 Å². The molecule has 1 heterocycles. The van der Waals surface area contributed by atoms with E-state index in [1.165, 1.54) is 0 Å². The van der Waals surface area contributed by atoms with Crippen LogP contribution < -0.4 is 10.6 Å². The minimum atomic E-state index is -0.601. The van der Waals surface area contributed by atoms with Crippen LogP contribution in [-0.4, -0.2) is 35.8 Å². The number of rotatable bonds is 6. The third kappa shape index (κ3) is 5.10. The van der Waals surface area contributed by atoms with Gasteiger partial charge in [-0.2, -0.15) is 0 Å². The maximum absolute atomic E-state index is 13.7. The van der Waals surface area contributed by atoms with Crippen molar-refractivity contribution in [2.75, 3.05) is 13.1 Å². The lowest BCUT2D eigenvalue weighted by atomic mass is 10.1. The molecule has 0 aliphatic carbocycles. The van der Waals surface area contributed by atoms with Gasteiger partial charge in [0.1, 0.15) is 11.6 Å². The highest BCUT2D eigenvalue weighted by molar-refractivity contribution is 5.88. The Bertz CT molecular complexity index is 814. The van der Waals surface area contributed by atoms with E-state index in [0.29, 0.717) is 19.6 Å². The molecule has 0 saturated carbocycles. The van der Waals surface area contributed by atoms with E-state index in [0.717, 1.165) is 23.8 Å². The second kappa shape index (κ2) is 8.73. The summed E-state index contributed by atoms with van der Waals surface area (Å²) in [5.41, 5.74) is 1.12. The Morgan fingerprint density at radius 3 is 2.74 bits per heavy atom. The molecule has 5 nitrogen and oxygen atoms in total. The molecule has 1 unspecified atom stereocenters. The number of amides is 2. The van der Waals surface area contributed by atoms with Crippen LogP contribution in [0.4, 0.5) is 8.78 Å². The molecule has 142 valence electrons. The molecule has 2 N–H and O–H groups in total. The minimum absolute atomic E-state index is 0.0460. The minimum Gasteiger partial charge on any atom is -0.353 e. The number of carbonyl (C=O) groups excluding carboxylic acids is 2. The lowest BCUT2D eigenvalue weighted by Gasteiger charge is -2.34. The normalized spacial score (nSPS) is 17.4. The van der Waals surface area contributed by atoms with Crippen LogP contribution in [0.2, 0.25) is 0 Å². The van der Waals surface area contributed by atoms with E-state index in [1.807, 2.05) is 35.2 Å². The summed E-state index contributed by atoms with van der Waals surface area (Å²) in [6.07, 6.45) is -0.0460. The number of nitrogens with zero attached hydrogens (tertiary/aromatic N) is 1. The van der Waals surface area contributed by atoms with Gasteiger partial charge >= 0.3 is 0 Å². The first kappa shape index (κ1) is 19.0. The molecule has 27 heavy (non-hydrogen) atoms. The molecule has 2 amide bonds. The summed E-state index contributed by atoms with van der Waals surface area (Å²) in [5, 5.41) is 5.34. The number of carbonyl (C=O) groups is 2. The molecule has 3 rings (SSSR count). The van der Waals surface area contributed by atoms with E-state index < -0.39 is 23.6 Å². The average Bonchev–Trinajstić information content (AvgIpc) is 2.66. The Kier molecular flexibility index (Phi) is 6.13. The van der Waals surface area contributed by atoms with Crippen LogP contribution in [0.15, 0.2) is 48.5 Å². The number of nitrogens with one attached hydrogen (secondary N) is 2. The van der Waals surface area contributed by atoms with Gasteiger partial charge in [-0.15, -0.1) is 0 Å². The standard InChI is InChI=1S/C20H21F2N3O2/c21-16-6-7-17(22)15(10-16)12-24-19(26)11-18-20(27)23-8-9-25(18)13-14-4-2-1-3-5-14/h1-7,10,18H,8-9,11-13H2,(H,23,27)(H,24,26). The molecule has 7 heteroatoms. The topological polar surface area (TPSA) is 61.4 Å². The van der Waals surface area contributed by atoms with Crippen LogP contribution in [-0.2, 0) is 22.7 Å². The lowest BCUT2D eigenvalue weighted by molar-refractivity contribution is -0.134. The molecule has 1 saturated heterocycles. The lowest BCUT2D eigenvalue weighted by Crippen LogP contribution is -2.56. The van der Waals surface area contributed by atoms with Crippen molar-refractivity contribution in [3.05, 3.63) is 71.3 Å². The second-order valence-electron chi connectivity index (χ2n) is 6.48. The first-order chi connectivity index (χ1) is 13.0. The molecule has 1 fully saturated rings. The first-order valence-electron chi connectivity index (χ1n) is 8.79. The SMILES string of the molecule is O=C(CC1C(=O)NCCN1Cc1ccccc1)NCc1cc(F)ccc1F. The molecule has 2 aromatic rings. The zero-order valence-electron chi connectivity index (χ0n) is 14.8. The van der Waals surface area contributed by atoms with Crippen LogP contribution in [0.25, 0.3) is 0 Å². The third-order valence-electron chi connectivity index (χ3n) is 4.53.